The van der Waals surface area contributed by atoms with E-state index in [1.165, 1.54) is 9.77 Å². The monoisotopic (exact) mass is 313 g/mol. The number of thioether (sulfide) groups is 2. The summed E-state index contributed by atoms with van der Waals surface area (Å²) in [6, 6.07) is 2.28. The molecule has 1 aromatic heterocycles. The summed E-state index contributed by atoms with van der Waals surface area (Å²) in [5, 5.41) is 5.81. The second-order valence-electron chi connectivity index (χ2n) is 4.13. The Balaban J connectivity index is 1.84. The summed E-state index contributed by atoms with van der Waals surface area (Å²) in [6.07, 6.45) is 0.977. The predicted octanol–water partition coefficient (Wildman–Crippen LogP) is 4.52. The molecule has 1 aromatic rings. The van der Waals surface area contributed by atoms with E-state index < -0.39 is 5.51 Å². The van der Waals surface area contributed by atoms with Crippen LogP contribution < -0.4 is 5.32 Å². The Kier molecular flexibility index (Phi) is 4.91. The Morgan fingerprint density at radius 1 is 1.50 bits per heavy atom. The van der Waals surface area contributed by atoms with Crippen molar-refractivity contribution in [2.75, 3.05) is 12.3 Å². The third-order valence-corrected chi connectivity index (χ3v) is 5.75. The Labute approximate surface area is 117 Å². The van der Waals surface area contributed by atoms with Gasteiger partial charge in [-0.25, -0.2) is 0 Å². The van der Waals surface area contributed by atoms with Crippen LogP contribution in [0.1, 0.15) is 24.9 Å². The number of rotatable bonds is 4. The molecular weight excluding hydrogens is 299 g/mol. The Morgan fingerprint density at radius 3 is 3.00 bits per heavy atom. The van der Waals surface area contributed by atoms with E-state index in [0.29, 0.717) is 11.8 Å². The highest BCUT2D eigenvalue weighted by Gasteiger charge is 2.29. The van der Waals surface area contributed by atoms with Gasteiger partial charge in [0.15, 0.2) is 0 Å². The zero-order valence-electron chi connectivity index (χ0n) is 9.79. The minimum atomic E-state index is -4.12. The molecule has 0 aliphatic carbocycles. The van der Waals surface area contributed by atoms with Crippen LogP contribution in [0.2, 0.25) is 0 Å². The van der Waals surface area contributed by atoms with E-state index in [1.54, 1.807) is 11.3 Å². The van der Waals surface area contributed by atoms with Crippen LogP contribution in [0.4, 0.5) is 13.2 Å². The molecular formula is C11H14F3NS3. The van der Waals surface area contributed by atoms with Crippen LogP contribution in [0, 0.1) is 0 Å². The van der Waals surface area contributed by atoms with Gasteiger partial charge in [0.1, 0.15) is 0 Å². The molecule has 0 saturated carbocycles. The molecule has 1 aliphatic heterocycles. The highest BCUT2D eigenvalue weighted by atomic mass is 32.2. The van der Waals surface area contributed by atoms with E-state index in [9.17, 15) is 13.2 Å². The minimum Gasteiger partial charge on any atom is -0.309 e. The largest absolute Gasteiger partial charge is 0.441 e. The molecule has 2 rings (SSSR count). The van der Waals surface area contributed by atoms with Crippen molar-refractivity contribution in [1.82, 2.24) is 5.32 Å². The maximum absolute atomic E-state index is 12.0. The number of fused-ring (bicyclic) bond motifs is 1. The average molecular weight is 313 g/mol. The number of hydrogen-bond acceptors (Lipinski definition) is 4. The van der Waals surface area contributed by atoms with Gasteiger partial charge in [0, 0.05) is 23.6 Å². The van der Waals surface area contributed by atoms with Crippen LogP contribution in [-0.4, -0.2) is 23.1 Å². The fourth-order valence-electron chi connectivity index (χ4n) is 1.94. The fraction of sp³-hybridized carbons (Fsp3) is 0.636. The van der Waals surface area contributed by atoms with Gasteiger partial charge < -0.3 is 5.32 Å². The van der Waals surface area contributed by atoms with Gasteiger partial charge >= 0.3 is 5.51 Å². The van der Waals surface area contributed by atoms with E-state index in [4.69, 9.17) is 0 Å². The molecule has 7 heteroatoms. The minimum absolute atomic E-state index is 0.0412. The molecule has 0 saturated heterocycles. The van der Waals surface area contributed by atoms with Crippen molar-refractivity contribution in [3.8, 4) is 0 Å². The van der Waals surface area contributed by atoms with Crippen LogP contribution in [0.25, 0.3) is 0 Å². The number of halogens is 3. The first-order valence-corrected chi connectivity index (χ1v) is 8.38. The van der Waals surface area contributed by atoms with Gasteiger partial charge in [0.25, 0.3) is 0 Å². The van der Waals surface area contributed by atoms with Gasteiger partial charge in [-0.1, -0.05) is 6.92 Å². The van der Waals surface area contributed by atoms with Crippen molar-refractivity contribution >= 4 is 34.9 Å². The molecule has 1 unspecified atom stereocenters. The summed E-state index contributed by atoms with van der Waals surface area (Å²) in [6.45, 7) is 2.55. The average Bonchev–Trinajstić information content (AvgIpc) is 2.70. The van der Waals surface area contributed by atoms with Crippen molar-refractivity contribution < 1.29 is 13.2 Å². The summed E-state index contributed by atoms with van der Waals surface area (Å²) in [7, 11) is 0. The molecule has 102 valence electrons. The lowest BCUT2D eigenvalue weighted by atomic mass is 10.1. The number of alkyl halides is 3. The molecule has 1 nitrogen and oxygen atoms in total. The van der Waals surface area contributed by atoms with Crippen molar-refractivity contribution in [1.29, 1.82) is 0 Å². The quantitative estimate of drug-likeness (QED) is 0.821. The van der Waals surface area contributed by atoms with Crippen molar-refractivity contribution in [3.05, 3.63) is 17.0 Å². The van der Waals surface area contributed by atoms with Gasteiger partial charge in [0.05, 0.1) is 4.21 Å². The van der Waals surface area contributed by atoms with Crippen molar-refractivity contribution in [2.24, 2.45) is 0 Å². The summed E-state index contributed by atoms with van der Waals surface area (Å²) in [4.78, 5) is 0. The number of hydrogen-bond donors (Lipinski definition) is 1. The molecule has 0 fully saturated rings. The molecule has 0 radical (unpaired) electrons. The van der Waals surface area contributed by atoms with E-state index in [-0.39, 0.29) is 23.6 Å². The van der Waals surface area contributed by atoms with Crippen molar-refractivity contribution in [2.45, 2.75) is 34.4 Å². The Morgan fingerprint density at radius 2 is 2.28 bits per heavy atom. The molecule has 1 N–H and O–H groups in total. The summed E-state index contributed by atoms with van der Waals surface area (Å²) < 4.78 is 37.3. The Hall–Kier alpha value is 0.150. The van der Waals surface area contributed by atoms with E-state index in [1.807, 2.05) is 11.8 Å². The fourth-order valence-corrected chi connectivity index (χ4v) is 4.96. The molecule has 2 heterocycles. The first-order valence-electron chi connectivity index (χ1n) is 5.64. The maximum Gasteiger partial charge on any atom is 0.441 e. The molecule has 1 aliphatic rings. The lowest BCUT2D eigenvalue weighted by molar-refractivity contribution is -0.0327. The van der Waals surface area contributed by atoms with Gasteiger partial charge in [-0.15, -0.1) is 23.1 Å². The first kappa shape index (κ1) is 14.6. The zero-order valence-corrected chi connectivity index (χ0v) is 12.2. The molecule has 0 spiro atoms. The van der Waals surface area contributed by atoms with Gasteiger partial charge in [-0.3, -0.25) is 0 Å². The normalized spacial score (nSPS) is 24.0. The lowest BCUT2D eigenvalue weighted by Gasteiger charge is -2.27. The van der Waals surface area contributed by atoms with Gasteiger partial charge in [0.2, 0.25) is 0 Å². The Bertz CT molecular complexity index is 391. The predicted molar refractivity (Wildman–Crippen MR) is 73.5 cm³/mol. The van der Waals surface area contributed by atoms with E-state index in [2.05, 4.69) is 23.7 Å². The zero-order chi connectivity index (χ0) is 13.2. The maximum atomic E-state index is 12.0. The smallest absolute Gasteiger partial charge is 0.309 e. The molecule has 0 amide bonds. The highest BCUT2D eigenvalue weighted by Crippen LogP contribution is 2.43. The summed E-state index contributed by atoms with van der Waals surface area (Å²) in [5.74, 6) is 0.0704. The van der Waals surface area contributed by atoms with Crippen LogP contribution >= 0.6 is 34.9 Å². The molecule has 0 aromatic carbocycles. The number of nitrogens with one attached hydrogen (secondary N) is 1. The van der Waals surface area contributed by atoms with Crippen LogP contribution in [0.3, 0.4) is 0 Å². The third kappa shape index (κ3) is 4.08. The van der Waals surface area contributed by atoms with Crippen LogP contribution in [0.15, 0.2) is 15.7 Å². The molecule has 2 atom stereocenters. The highest BCUT2D eigenvalue weighted by molar-refractivity contribution is 8.01. The second kappa shape index (κ2) is 6.07. The number of thiophene rings is 1. The SMILES string of the molecule is C[C@H]1CC(NCCSC(F)(F)F)c2ccsc2S1. The van der Waals surface area contributed by atoms with Crippen LogP contribution in [0.5, 0.6) is 0 Å². The second-order valence-corrected chi connectivity index (χ2v) is 7.91. The standard InChI is InChI=1S/C11H14F3NS3/c1-7-6-9(8-2-4-16-10(8)18-7)15-3-5-17-11(12,13)14/h2,4,7,9,15H,3,5-6H2,1H3/t7-,9?/m0/s1. The summed E-state index contributed by atoms with van der Waals surface area (Å²) in [5.41, 5.74) is -2.87. The van der Waals surface area contributed by atoms with Crippen LogP contribution in [-0.2, 0) is 0 Å². The molecule has 18 heavy (non-hydrogen) atoms. The third-order valence-electron chi connectivity index (χ3n) is 2.67. The summed E-state index contributed by atoms with van der Waals surface area (Å²) >= 11 is 3.61. The lowest BCUT2D eigenvalue weighted by Crippen LogP contribution is -2.28. The first-order chi connectivity index (χ1) is 8.46. The topological polar surface area (TPSA) is 12.0 Å². The molecule has 0 bridgehead atoms. The van der Waals surface area contributed by atoms with E-state index in [0.717, 1.165) is 6.42 Å². The van der Waals surface area contributed by atoms with Crippen molar-refractivity contribution in [3.63, 3.8) is 0 Å². The van der Waals surface area contributed by atoms with Gasteiger partial charge in [-0.2, -0.15) is 13.2 Å². The van der Waals surface area contributed by atoms with E-state index >= 15 is 0 Å². The van der Waals surface area contributed by atoms with Gasteiger partial charge in [-0.05, 0) is 35.2 Å².